The van der Waals surface area contributed by atoms with Crippen molar-refractivity contribution in [3.63, 3.8) is 0 Å². The van der Waals surface area contributed by atoms with E-state index in [0.717, 1.165) is 18.5 Å². The summed E-state index contributed by atoms with van der Waals surface area (Å²) in [5.74, 6) is 0.171. The highest BCUT2D eigenvalue weighted by Crippen LogP contribution is 2.01. The largest absolute Gasteiger partial charge is 0.378 e. The van der Waals surface area contributed by atoms with E-state index < -0.39 is 0 Å². The topological polar surface area (TPSA) is 41.6 Å². The molecule has 0 saturated carbocycles. The summed E-state index contributed by atoms with van der Waals surface area (Å²) in [6.07, 6.45) is 0.917. The quantitative estimate of drug-likeness (QED) is 0.705. The van der Waals surface area contributed by atoms with E-state index in [2.05, 4.69) is 11.9 Å². The SMILES string of the molecule is C=C(C)CCNC(C)C(=O)N1CCOCC1. The molecular formula is C12H22N2O2. The van der Waals surface area contributed by atoms with Crippen molar-refractivity contribution in [2.75, 3.05) is 32.8 Å². The van der Waals surface area contributed by atoms with Crippen molar-refractivity contribution in [2.24, 2.45) is 0 Å². The van der Waals surface area contributed by atoms with Gasteiger partial charge in [0.05, 0.1) is 19.3 Å². The lowest BCUT2D eigenvalue weighted by molar-refractivity contribution is -0.137. The van der Waals surface area contributed by atoms with Crippen LogP contribution in [0.1, 0.15) is 20.3 Å². The number of carbonyl (C=O) groups excluding carboxylic acids is 1. The van der Waals surface area contributed by atoms with Crippen LogP contribution in [0, 0.1) is 0 Å². The zero-order valence-electron chi connectivity index (χ0n) is 10.3. The first-order valence-corrected chi connectivity index (χ1v) is 5.85. The number of ether oxygens (including phenoxy) is 1. The maximum absolute atomic E-state index is 12.0. The van der Waals surface area contributed by atoms with E-state index in [1.165, 1.54) is 0 Å². The van der Waals surface area contributed by atoms with Gasteiger partial charge in [0.2, 0.25) is 5.91 Å². The predicted octanol–water partition coefficient (Wildman–Crippen LogP) is 0.790. The molecular weight excluding hydrogens is 204 g/mol. The van der Waals surface area contributed by atoms with Crippen LogP contribution in [0.3, 0.4) is 0 Å². The lowest BCUT2D eigenvalue weighted by Crippen LogP contribution is -2.49. The predicted molar refractivity (Wildman–Crippen MR) is 64.3 cm³/mol. The minimum Gasteiger partial charge on any atom is -0.378 e. The van der Waals surface area contributed by atoms with Crippen molar-refractivity contribution in [3.05, 3.63) is 12.2 Å². The molecule has 0 radical (unpaired) electrons. The smallest absolute Gasteiger partial charge is 0.239 e. The Bertz CT molecular complexity index is 247. The summed E-state index contributed by atoms with van der Waals surface area (Å²) in [5.41, 5.74) is 1.14. The van der Waals surface area contributed by atoms with Crippen molar-refractivity contribution >= 4 is 5.91 Å². The van der Waals surface area contributed by atoms with E-state index in [9.17, 15) is 4.79 Å². The standard InChI is InChI=1S/C12H22N2O2/c1-10(2)4-5-13-11(3)12(15)14-6-8-16-9-7-14/h11,13H,1,4-9H2,2-3H3. The van der Waals surface area contributed by atoms with E-state index in [-0.39, 0.29) is 11.9 Å². The van der Waals surface area contributed by atoms with Crippen LogP contribution >= 0.6 is 0 Å². The van der Waals surface area contributed by atoms with Crippen molar-refractivity contribution in [2.45, 2.75) is 26.3 Å². The zero-order valence-corrected chi connectivity index (χ0v) is 10.3. The Balaban J connectivity index is 2.26. The maximum atomic E-state index is 12.0. The van der Waals surface area contributed by atoms with Crippen LogP contribution in [0.4, 0.5) is 0 Å². The van der Waals surface area contributed by atoms with Crippen molar-refractivity contribution in [1.29, 1.82) is 0 Å². The van der Waals surface area contributed by atoms with E-state index in [1.807, 2.05) is 18.7 Å². The Morgan fingerprint density at radius 2 is 2.12 bits per heavy atom. The lowest BCUT2D eigenvalue weighted by atomic mass is 10.2. The molecule has 1 unspecified atom stereocenters. The van der Waals surface area contributed by atoms with Gasteiger partial charge in [-0.05, 0) is 26.8 Å². The normalized spacial score (nSPS) is 18.2. The zero-order chi connectivity index (χ0) is 12.0. The third-order valence-corrected chi connectivity index (χ3v) is 2.70. The summed E-state index contributed by atoms with van der Waals surface area (Å²) in [6, 6.07) is -0.113. The molecule has 1 rings (SSSR count). The highest BCUT2D eigenvalue weighted by Gasteiger charge is 2.21. The van der Waals surface area contributed by atoms with Crippen LogP contribution in [0.15, 0.2) is 12.2 Å². The lowest BCUT2D eigenvalue weighted by Gasteiger charge is -2.29. The van der Waals surface area contributed by atoms with Gasteiger partial charge in [-0.1, -0.05) is 5.57 Å². The molecule has 0 aliphatic carbocycles. The maximum Gasteiger partial charge on any atom is 0.239 e. The molecule has 1 fully saturated rings. The fourth-order valence-corrected chi connectivity index (χ4v) is 1.65. The number of amides is 1. The van der Waals surface area contributed by atoms with Crippen molar-refractivity contribution in [3.8, 4) is 0 Å². The third kappa shape index (κ3) is 4.33. The molecule has 0 aromatic rings. The van der Waals surface area contributed by atoms with E-state index in [1.54, 1.807) is 0 Å². The summed E-state index contributed by atoms with van der Waals surface area (Å²) in [5, 5.41) is 3.22. The molecule has 16 heavy (non-hydrogen) atoms. The second-order valence-corrected chi connectivity index (χ2v) is 4.32. The van der Waals surface area contributed by atoms with Gasteiger partial charge in [0.25, 0.3) is 0 Å². The van der Waals surface area contributed by atoms with Crippen LogP contribution in [-0.4, -0.2) is 49.7 Å². The number of nitrogens with one attached hydrogen (secondary N) is 1. The molecule has 1 N–H and O–H groups in total. The Hall–Kier alpha value is -0.870. The average molecular weight is 226 g/mol. The summed E-state index contributed by atoms with van der Waals surface area (Å²) in [7, 11) is 0. The molecule has 1 aliphatic rings. The van der Waals surface area contributed by atoms with Gasteiger partial charge in [-0.2, -0.15) is 0 Å². The van der Waals surface area contributed by atoms with Crippen LogP contribution in [0.2, 0.25) is 0 Å². The molecule has 0 aromatic heterocycles. The van der Waals surface area contributed by atoms with Gasteiger partial charge in [0.15, 0.2) is 0 Å². The van der Waals surface area contributed by atoms with Gasteiger partial charge in [0, 0.05) is 13.1 Å². The van der Waals surface area contributed by atoms with Crippen molar-refractivity contribution < 1.29 is 9.53 Å². The highest BCUT2D eigenvalue weighted by atomic mass is 16.5. The van der Waals surface area contributed by atoms with Crippen LogP contribution in [-0.2, 0) is 9.53 Å². The first-order valence-electron chi connectivity index (χ1n) is 5.85. The van der Waals surface area contributed by atoms with Crippen LogP contribution < -0.4 is 5.32 Å². The molecule has 1 atom stereocenters. The molecule has 1 saturated heterocycles. The third-order valence-electron chi connectivity index (χ3n) is 2.70. The monoisotopic (exact) mass is 226 g/mol. The van der Waals surface area contributed by atoms with Gasteiger partial charge >= 0.3 is 0 Å². The van der Waals surface area contributed by atoms with Crippen LogP contribution in [0.5, 0.6) is 0 Å². The summed E-state index contributed by atoms with van der Waals surface area (Å²) in [4.78, 5) is 13.8. The second-order valence-electron chi connectivity index (χ2n) is 4.32. The summed E-state index contributed by atoms with van der Waals surface area (Å²) >= 11 is 0. The number of hydrogen-bond donors (Lipinski definition) is 1. The van der Waals surface area contributed by atoms with Crippen molar-refractivity contribution in [1.82, 2.24) is 10.2 Å². The van der Waals surface area contributed by atoms with Gasteiger partial charge in [0.1, 0.15) is 0 Å². The van der Waals surface area contributed by atoms with E-state index >= 15 is 0 Å². The van der Waals surface area contributed by atoms with Crippen LogP contribution in [0.25, 0.3) is 0 Å². The Morgan fingerprint density at radius 3 is 2.69 bits per heavy atom. The molecule has 0 aromatic carbocycles. The number of nitrogens with zero attached hydrogens (tertiary/aromatic N) is 1. The van der Waals surface area contributed by atoms with Gasteiger partial charge in [-0.25, -0.2) is 0 Å². The average Bonchev–Trinajstić information content (AvgIpc) is 2.28. The molecule has 4 heteroatoms. The number of hydrogen-bond acceptors (Lipinski definition) is 3. The fraction of sp³-hybridized carbons (Fsp3) is 0.750. The minimum atomic E-state index is -0.113. The van der Waals surface area contributed by atoms with Gasteiger partial charge in [-0.15, -0.1) is 6.58 Å². The van der Waals surface area contributed by atoms with Gasteiger partial charge < -0.3 is 15.0 Å². The highest BCUT2D eigenvalue weighted by molar-refractivity contribution is 5.81. The molecule has 0 spiro atoms. The molecule has 1 heterocycles. The summed E-state index contributed by atoms with van der Waals surface area (Å²) in [6.45, 7) is 11.3. The number of carbonyl (C=O) groups is 1. The number of morpholine rings is 1. The Kier molecular flexibility index (Phi) is 5.49. The molecule has 0 bridgehead atoms. The second kappa shape index (κ2) is 6.66. The Labute approximate surface area is 97.6 Å². The molecule has 1 aliphatic heterocycles. The Morgan fingerprint density at radius 1 is 1.50 bits per heavy atom. The first-order chi connectivity index (χ1) is 7.61. The summed E-state index contributed by atoms with van der Waals surface area (Å²) < 4.78 is 5.22. The molecule has 1 amide bonds. The number of rotatable bonds is 5. The minimum absolute atomic E-state index is 0.113. The van der Waals surface area contributed by atoms with E-state index in [4.69, 9.17) is 4.74 Å². The fourth-order valence-electron chi connectivity index (χ4n) is 1.65. The van der Waals surface area contributed by atoms with E-state index in [0.29, 0.717) is 26.3 Å². The van der Waals surface area contributed by atoms with Gasteiger partial charge in [-0.3, -0.25) is 4.79 Å². The first kappa shape index (κ1) is 13.2. The molecule has 92 valence electrons. The molecule has 4 nitrogen and oxygen atoms in total.